The van der Waals surface area contributed by atoms with E-state index in [0.717, 1.165) is 17.1 Å². The molecule has 0 spiro atoms. The van der Waals surface area contributed by atoms with E-state index in [0.29, 0.717) is 13.1 Å². The molecule has 126 valence electrons. The van der Waals surface area contributed by atoms with Gasteiger partial charge in [-0.1, -0.05) is 6.07 Å². The molecule has 7 nitrogen and oxygen atoms in total. The summed E-state index contributed by atoms with van der Waals surface area (Å²) >= 11 is 0. The number of carbonyl (C=O) groups is 2. The van der Waals surface area contributed by atoms with Crippen molar-refractivity contribution in [2.45, 2.75) is 25.0 Å². The van der Waals surface area contributed by atoms with Crippen molar-refractivity contribution in [2.24, 2.45) is 0 Å². The molecule has 0 bridgehead atoms. The molecule has 0 aliphatic carbocycles. The van der Waals surface area contributed by atoms with Crippen LogP contribution in [0.25, 0.3) is 0 Å². The minimum absolute atomic E-state index is 0.104. The van der Waals surface area contributed by atoms with Crippen LogP contribution in [-0.4, -0.2) is 49.3 Å². The highest BCUT2D eigenvalue weighted by atomic mass is 16.7. The second-order valence-electron chi connectivity index (χ2n) is 5.63. The lowest BCUT2D eigenvalue weighted by atomic mass is 10.2. The van der Waals surface area contributed by atoms with Gasteiger partial charge >= 0.3 is 5.97 Å². The van der Waals surface area contributed by atoms with Crippen molar-refractivity contribution in [3.63, 3.8) is 0 Å². The van der Waals surface area contributed by atoms with Crippen LogP contribution >= 0.6 is 0 Å². The number of ether oxygens (including phenoxy) is 3. The van der Waals surface area contributed by atoms with Gasteiger partial charge in [-0.15, -0.1) is 12.3 Å². The van der Waals surface area contributed by atoms with Crippen molar-refractivity contribution < 1.29 is 23.8 Å². The largest absolute Gasteiger partial charge is 0.467 e. The number of carbonyl (C=O) groups excluding carboxylic acids is 2. The third-order valence-corrected chi connectivity index (χ3v) is 3.96. The van der Waals surface area contributed by atoms with Crippen molar-refractivity contribution >= 4 is 11.9 Å². The van der Waals surface area contributed by atoms with E-state index < -0.39 is 12.0 Å². The van der Waals surface area contributed by atoms with Crippen molar-refractivity contribution in [3.05, 3.63) is 23.8 Å². The van der Waals surface area contributed by atoms with Crippen molar-refractivity contribution in [1.29, 1.82) is 0 Å². The molecular weight excluding hydrogens is 312 g/mol. The van der Waals surface area contributed by atoms with Crippen LogP contribution in [0.2, 0.25) is 0 Å². The van der Waals surface area contributed by atoms with E-state index in [2.05, 4.69) is 16.0 Å². The molecule has 1 aromatic rings. The van der Waals surface area contributed by atoms with Crippen LogP contribution in [0, 0.1) is 12.3 Å². The number of rotatable bonds is 6. The Morgan fingerprint density at radius 2 is 2.25 bits per heavy atom. The predicted octanol–water partition coefficient (Wildman–Crippen LogP) is 0.281. The van der Waals surface area contributed by atoms with E-state index in [4.69, 9.17) is 15.9 Å². The molecule has 1 saturated heterocycles. The summed E-state index contributed by atoms with van der Waals surface area (Å²) in [4.78, 5) is 25.8. The Kier molecular flexibility index (Phi) is 4.58. The molecule has 2 aliphatic heterocycles. The Balaban J connectivity index is 1.54. The van der Waals surface area contributed by atoms with E-state index in [-0.39, 0.29) is 25.2 Å². The monoisotopic (exact) mass is 330 g/mol. The van der Waals surface area contributed by atoms with Gasteiger partial charge in [0.25, 0.3) is 0 Å². The van der Waals surface area contributed by atoms with Gasteiger partial charge in [0.2, 0.25) is 12.7 Å². The molecule has 1 N–H and O–H groups in total. The van der Waals surface area contributed by atoms with Gasteiger partial charge in [-0.05, 0) is 17.7 Å². The predicted molar refractivity (Wildman–Crippen MR) is 84.2 cm³/mol. The zero-order chi connectivity index (χ0) is 17.1. The van der Waals surface area contributed by atoms with Gasteiger partial charge in [-0.3, -0.25) is 9.69 Å². The average molecular weight is 330 g/mol. The number of fused-ring (bicyclic) bond motifs is 1. The maximum Gasteiger partial charge on any atom is 0.329 e. The van der Waals surface area contributed by atoms with E-state index >= 15 is 0 Å². The van der Waals surface area contributed by atoms with Gasteiger partial charge in [0.1, 0.15) is 12.1 Å². The van der Waals surface area contributed by atoms with E-state index in [1.165, 1.54) is 7.11 Å². The third-order valence-electron chi connectivity index (χ3n) is 3.96. The highest BCUT2D eigenvalue weighted by Gasteiger charge is 2.41. The molecule has 0 saturated carbocycles. The van der Waals surface area contributed by atoms with E-state index in [1.807, 2.05) is 23.1 Å². The maximum atomic E-state index is 12.2. The van der Waals surface area contributed by atoms with Crippen LogP contribution in [0.5, 0.6) is 11.5 Å². The molecule has 1 fully saturated rings. The van der Waals surface area contributed by atoms with Crippen LogP contribution < -0.4 is 14.8 Å². The highest BCUT2D eigenvalue weighted by Crippen LogP contribution is 2.33. The number of esters is 1. The number of hydrogen-bond acceptors (Lipinski definition) is 6. The van der Waals surface area contributed by atoms with Crippen LogP contribution in [-0.2, 0) is 20.9 Å². The number of methoxy groups -OCH3 is 1. The molecule has 7 heteroatoms. The Morgan fingerprint density at radius 3 is 3.00 bits per heavy atom. The Labute approximate surface area is 139 Å². The van der Waals surface area contributed by atoms with Gasteiger partial charge < -0.3 is 19.5 Å². The zero-order valence-electron chi connectivity index (χ0n) is 13.3. The smallest absolute Gasteiger partial charge is 0.329 e. The number of nitrogens with zero attached hydrogens (tertiary/aromatic N) is 1. The Hall–Kier alpha value is -2.72. The van der Waals surface area contributed by atoms with Crippen LogP contribution in [0.3, 0.4) is 0 Å². The molecule has 0 aromatic heterocycles. The third kappa shape index (κ3) is 3.44. The lowest BCUT2D eigenvalue weighted by Gasteiger charge is -2.14. The summed E-state index contributed by atoms with van der Waals surface area (Å²) in [7, 11) is 1.26. The van der Waals surface area contributed by atoms with Gasteiger partial charge in [0, 0.05) is 19.5 Å². The molecule has 2 aliphatic rings. The standard InChI is InChI=1S/C17H18N2O5/c1-3-4-12(17(21)22-2)18-16(20)13-9-19(13)8-11-5-6-14-15(7-11)24-10-23-14/h1,5-7,12-13H,4,8-10H2,2H3,(H,18,20). The molecule has 24 heavy (non-hydrogen) atoms. The topological polar surface area (TPSA) is 76.9 Å². The summed E-state index contributed by atoms with van der Waals surface area (Å²) in [6.07, 6.45) is 5.33. The molecule has 3 unspecified atom stereocenters. The van der Waals surface area contributed by atoms with Crippen LogP contribution in [0.1, 0.15) is 12.0 Å². The summed E-state index contributed by atoms with van der Waals surface area (Å²) in [5, 5.41) is 2.65. The first-order valence-electron chi connectivity index (χ1n) is 7.56. The van der Waals surface area contributed by atoms with Crippen molar-refractivity contribution in [1.82, 2.24) is 10.2 Å². The summed E-state index contributed by atoms with van der Waals surface area (Å²) < 4.78 is 15.3. The fourth-order valence-corrected chi connectivity index (χ4v) is 2.59. The van der Waals surface area contributed by atoms with Gasteiger partial charge in [-0.2, -0.15) is 0 Å². The molecular formula is C17H18N2O5. The minimum Gasteiger partial charge on any atom is -0.467 e. The second kappa shape index (κ2) is 6.81. The first kappa shape index (κ1) is 16.1. The number of amides is 1. The lowest BCUT2D eigenvalue weighted by molar-refractivity contribution is -0.144. The number of benzene rings is 1. The summed E-state index contributed by atoms with van der Waals surface area (Å²) in [6, 6.07) is 4.64. The Bertz CT molecular complexity index is 697. The maximum absolute atomic E-state index is 12.2. The molecule has 1 aromatic carbocycles. The van der Waals surface area contributed by atoms with Crippen LogP contribution in [0.4, 0.5) is 0 Å². The molecule has 2 heterocycles. The zero-order valence-corrected chi connectivity index (χ0v) is 13.3. The number of terminal acetylenes is 1. The fraction of sp³-hybridized carbons (Fsp3) is 0.412. The molecule has 1 amide bonds. The van der Waals surface area contributed by atoms with Crippen LogP contribution in [0.15, 0.2) is 18.2 Å². The second-order valence-corrected chi connectivity index (χ2v) is 5.63. The summed E-state index contributed by atoms with van der Waals surface area (Å²) in [5.74, 6) is 3.06. The van der Waals surface area contributed by atoms with Crippen molar-refractivity contribution in [3.8, 4) is 23.8 Å². The average Bonchev–Trinajstić information content (AvgIpc) is 3.19. The normalized spacial score (nSPS) is 21.5. The first-order chi connectivity index (χ1) is 11.6. The molecule has 0 radical (unpaired) electrons. The lowest BCUT2D eigenvalue weighted by Crippen LogP contribution is -2.43. The van der Waals surface area contributed by atoms with Crippen molar-refractivity contribution in [2.75, 3.05) is 20.4 Å². The molecule has 3 atom stereocenters. The molecule has 3 rings (SSSR count). The first-order valence-corrected chi connectivity index (χ1v) is 7.56. The minimum atomic E-state index is -0.805. The quantitative estimate of drug-likeness (QED) is 0.459. The van der Waals surface area contributed by atoms with Gasteiger partial charge in [0.05, 0.1) is 7.11 Å². The van der Waals surface area contributed by atoms with E-state index in [9.17, 15) is 9.59 Å². The van der Waals surface area contributed by atoms with Gasteiger partial charge in [0.15, 0.2) is 11.5 Å². The van der Waals surface area contributed by atoms with E-state index in [1.54, 1.807) is 0 Å². The SMILES string of the molecule is C#CCC(NC(=O)C1CN1Cc1ccc2c(c1)OCO2)C(=O)OC. The summed E-state index contributed by atoms with van der Waals surface area (Å²) in [6.45, 7) is 1.48. The van der Waals surface area contributed by atoms with Gasteiger partial charge in [-0.25, -0.2) is 4.79 Å². The Morgan fingerprint density at radius 1 is 1.46 bits per heavy atom. The number of nitrogens with one attached hydrogen (secondary N) is 1. The number of hydrogen-bond donors (Lipinski definition) is 1. The fourth-order valence-electron chi connectivity index (χ4n) is 2.59. The highest BCUT2D eigenvalue weighted by molar-refractivity contribution is 5.89. The summed E-state index contributed by atoms with van der Waals surface area (Å²) in [5.41, 5.74) is 1.03.